The molecular formula is C17H17N3O2S2. The summed E-state index contributed by atoms with van der Waals surface area (Å²) in [6.07, 6.45) is 1.35. The van der Waals surface area contributed by atoms with Crippen molar-refractivity contribution in [3.05, 3.63) is 36.4 Å². The van der Waals surface area contributed by atoms with Crippen molar-refractivity contribution in [2.45, 2.75) is 30.7 Å². The molecule has 0 unspecified atom stereocenters. The highest BCUT2D eigenvalue weighted by Crippen LogP contribution is 2.47. The number of nitrogens with one attached hydrogen (secondary N) is 1. The number of carbonyl (C=O) groups is 2. The number of benzene rings is 1. The largest absolute Gasteiger partial charge is 0.315 e. The molecule has 1 aromatic heterocycles. The lowest BCUT2D eigenvalue weighted by molar-refractivity contribution is -0.135. The Bertz CT molecular complexity index is 792. The molecular weight excluding hydrogens is 342 g/mol. The maximum absolute atomic E-state index is 12.7. The molecule has 2 atom stereocenters. The maximum Gasteiger partial charge on any atom is 0.248 e. The number of aromatic nitrogens is 1. The number of hydrogen-bond acceptors (Lipinski definition) is 5. The normalized spacial score (nSPS) is 25.8. The van der Waals surface area contributed by atoms with Gasteiger partial charge in [-0.05, 0) is 24.9 Å². The van der Waals surface area contributed by atoms with Crippen LogP contribution in [0.3, 0.4) is 0 Å². The Labute approximate surface area is 148 Å². The minimum atomic E-state index is -0.391. The predicted molar refractivity (Wildman–Crippen MR) is 96.9 cm³/mol. The van der Waals surface area contributed by atoms with Gasteiger partial charge in [-0.25, -0.2) is 0 Å². The van der Waals surface area contributed by atoms with E-state index in [1.165, 1.54) is 11.5 Å². The van der Waals surface area contributed by atoms with Crippen molar-refractivity contribution in [3.63, 3.8) is 0 Å². The van der Waals surface area contributed by atoms with E-state index in [0.717, 1.165) is 17.7 Å². The summed E-state index contributed by atoms with van der Waals surface area (Å²) in [5.74, 6) is 0.611. The van der Waals surface area contributed by atoms with Crippen molar-refractivity contribution in [2.75, 3.05) is 11.1 Å². The van der Waals surface area contributed by atoms with E-state index in [2.05, 4.69) is 16.6 Å². The SMILES string of the molecule is C[C@]12CCC(=O)N1[C@H](C(=O)Nc1cc(-c3ccccc3)ns1)CS2. The van der Waals surface area contributed by atoms with Crippen molar-refractivity contribution < 1.29 is 9.59 Å². The highest BCUT2D eigenvalue weighted by molar-refractivity contribution is 8.01. The van der Waals surface area contributed by atoms with E-state index in [-0.39, 0.29) is 16.7 Å². The quantitative estimate of drug-likeness (QED) is 0.914. The van der Waals surface area contributed by atoms with Gasteiger partial charge in [0, 0.05) is 23.8 Å². The summed E-state index contributed by atoms with van der Waals surface area (Å²) in [6.45, 7) is 2.05. The van der Waals surface area contributed by atoms with Gasteiger partial charge in [-0.3, -0.25) is 9.59 Å². The predicted octanol–water partition coefficient (Wildman–Crippen LogP) is 3.20. The van der Waals surface area contributed by atoms with Gasteiger partial charge in [0.05, 0.1) is 10.6 Å². The van der Waals surface area contributed by atoms with Crippen LogP contribution in [0.4, 0.5) is 5.00 Å². The van der Waals surface area contributed by atoms with Crippen molar-refractivity contribution in [1.82, 2.24) is 9.27 Å². The molecule has 0 bridgehead atoms. The van der Waals surface area contributed by atoms with Gasteiger partial charge in [0.25, 0.3) is 0 Å². The Morgan fingerprint density at radius 1 is 1.38 bits per heavy atom. The summed E-state index contributed by atoms with van der Waals surface area (Å²) < 4.78 is 4.40. The third-order valence-electron chi connectivity index (χ3n) is 4.57. The molecule has 1 aromatic carbocycles. The minimum absolute atomic E-state index is 0.0805. The van der Waals surface area contributed by atoms with Crippen molar-refractivity contribution in [2.24, 2.45) is 0 Å². The molecule has 2 fully saturated rings. The molecule has 1 N–H and O–H groups in total. The van der Waals surface area contributed by atoms with Crippen LogP contribution >= 0.6 is 23.3 Å². The molecule has 124 valence electrons. The van der Waals surface area contributed by atoms with Crippen LogP contribution in [-0.4, -0.2) is 37.8 Å². The Balaban J connectivity index is 1.49. The van der Waals surface area contributed by atoms with Gasteiger partial charge >= 0.3 is 0 Å². The summed E-state index contributed by atoms with van der Waals surface area (Å²) in [5, 5.41) is 3.65. The molecule has 0 radical (unpaired) electrons. The Morgan fingerprint density at radius 2 is 2.17 bits per heavy atom. The van der Waals surface area contributed by atoms with E-state index in [1.54, 1.807) is 16.7 Å². The second-order valence-corrected chi connectivity index (χ2v) is 8.50. The zero-order valence-electron chi connectivity index (χ0n) is 13.2. The maximum atomic E-state index is 12.7. The van der Waals surface area contributed by atoms with E-state index in [1.807, 2.05) is 36.4 Å². The second-order valence-electron chi connectivity index (χ2n) is 6.20. The third-order valence-corrected chi connectivity index (χ3v) is 6.78. The number of hydrogen-bond donors (Lipinski definition) is 1. The summed E-state index contributed by atoms with van der Waals surface area (Å²) in [7, 11) is 0. The second kappa shape index (κ2) is 5.89. The lowest BCUT2D eigenvalue weighted by Crippen LogP contribution is -2.47. The molecule has 5 nitrogen and oxygen atoms in total. The van der Waals surface area contributed by atoms with Gasteiger partial charge in [-0.2, -0.15) is 4.37 Å². The summed E-state index contributed by atoms with van der Waals surface area (Å²) in [6, 6.07) is 11.3. The van der Waals surface area contributed by atoms with Gasteiger partial charge in [0.15, 0.2) is 0 Å². The van der Waals surface area contributed by atoms with Crippen LogP contribution in [0.2, 0.25) is 0 Å². The van der Waals surface area contributed by atoms with Crippen molar-refractivity contribution >= 4 is 40.1 Å². The Hall–Kier alpha value is -1.86. The fourth-order valence-corrected chi connectivity index (χ4v) is 5.40. The number of anilines is 1. The number of fused-ring (bicyclic) bond motifs is 1. The van der Waals surface area contributed by atoms with E-state index < -0.39 is 6.04 Å². The molecule has 2 amide bonds. The summed E-state index contributed by atoms with van der Waals surface area (Å²) in [5.41, 5.74) is 1.87. The zero-order chi connectivity index (χ0) is 16.7. The van der Waals surface area contributed by atoms with Crippen molar-refractivity contribution in [1.29, 1.82) is 0 Å². The number of carbonyl (C=O) groups excluding carboxylic acids is 2. The molecule has 4 rings (SSSR count). The smallest absolute Gasteiger partial charge is 0.248 e. The molecule has 2 aliphatic heterocycles. The van der Waals surface area contributed by atoms with Gasteiger partial charge < -0.3 is 10.2 Å². The molecule has 2 aromatic rings. The molecule has 0 spiro atoms. The van der Waals surface area contributed by atoms with E-state index in [9.17, 15) is 9.59 Å². The number of thioether (sulfide) groups is 1. The fourth-order valence-electron chi connectivity index (χ4n) is 3.30. The summed E-state index contributed by atoms with van der Waals surface area (Å²) >= 11 is 2.96. The lowest BCUT2D eigenvalue weighted by Gasteiger charge is -2.29. The molecule has 0 saturated carbocycles. The lowest BCUT2D eigenvalue weighted by atomic mass is 10.1. The van der Waals surface area contributed by atoms with Gasteiger partial charge in [-0.1, -0.05) is 30.3 Å². The Morgan fingerprint density at radius 3 is 2.96 bits per heavy atom. The highest BCUT2D eigenvalue weighted by atomic mass is 32.2. The van der Waals surface area contributed by atoms with Crippen LogP contribution in [0.25, 0.3) is 11.3 Å². The number of nitrogens with zero attached hydrogens (tertiary/aromatic N) is 2. The van der Waals surface area contributed by atoms with Crippen LogP contribution in [0.1, 0.15) is 19.8 Å². The van der Waals surface area contributed by atoms with E-state index in [4.69, 9.17) is 0 Å². The molecule has 24 heavy (non-hydrogen) atoms. The van der Waals surface area contributed by atoms with Gasteiger partial charge in [-0.15, -0.1) is 11.8 Å². The number of rotatable bonds is 3. The third kappa shape index (κ3) is 2.61. The average Bonchev–Trinajstić information content (AvgIpc) is 3.25. The highest BCUT2D eigenvalue weighted by Gasteiger charge is 2.52. The average molecular weight is 359 g/mol. The van der Waals surface area contributed by atoms with Crippen LogP contribution in [-0.2, 0) is 9.59 Å². The van der Waals surface area contributed by atoms with E-state index in [0.29, 0.717) is 17.2 Å². The van der Waals surface area contributed by atoms with Crippen molar-refractivity contribution in [3.8, 4) is 11.3 Å². The first-order valence-corrected chi connectivity index (χ1v) is 9.62. The molecule has 7 heteroatoms. The van der Waals surface area contributed by atoms with E-state index >= 15 is 0 Å². The van der Waals surface area contributed by atoms with Gasteiger partial charge in [0.1, 0.15) is 11.0 Å². The monoisotopic (exact) mass is 359 g/mol. The Kier molecular flexibility index (Phi) is 3.85. The molecule has 2 saturated heterocycles. The number of amides is 2. The first-order chi connectivity index (χ1) is 11.6. The van der Waals surface area contributed by atoms with Crippen LogP contribution in [0, 0.1) is 0 Å². The standard InChI is InChI=1S/C17H17N3O2S2/c1-17-8-7-15(21)20(17)13(10-23-17)16(22)18-14-9-12(19-24-14)11-5-3-2-4-6-11/h2-6,9,13H,7-8,10H2,1H3,(H,18,22)/t13-,17-/m0/s1. The van der Waals surface area contributed by atoms with Crippen LogP contribution in [0.5, 0.6) is 0 Å². The molecule has 3 heterocycles. The van der Waals surface area contributed by atoms with Gasteiger partial charge in [0.2, 0.25) is 11.8 Å². The molecule has 0 aliphatic carbocycles. The zero-order valence-corrected chi connectivity index (χ0v) is 14.8. The fraction of sp³-hybridized carbons (Fsp3) is 0.353. The molecule has 2 aliphatic rings. The van der Waals surface area contributed by atoms with Crippen LogP contribution in [0.15, 0.2) is 36.4 Å². The topological polar surface area (TPSA) is 62.3 Å². The first kappa shape index (κ1) is 15.7. The van der Waals surface area contributed by atoms with Crippen LogP contribution < -0.4 is 5.32 Å². The minimum Gasteiger partial charge on any atom is -0.315 e. The first-order valence-electron chi connectivity index (χ1n) is 7.86. The summed E-state index contributed by atoms with van der Waals surface area (Å²) in [4.78, 5) is 26.3.